The minimum atomic E-state index is -1.35. The molecule has 0 radical (unpaired) electrons. The predicted octanol–water partition coefficient (Wildman–Crippen LogP) is 2.97. The van der Waals surface area contributed by atoms with Gasteiger partial charge < -0.3 is 15.5 Å². The molecule has 0 aliphatic rings. The Morgan fingerprint density at radius 3 is 2.15 bits per heavy atom. The van der Waals surface area contributed by atoms with Crippen LogP contribution in [-0.4, -0.2) is 22.2 Å². The standard InChI is InChI=1S/C14H10FNO4/c15-8-4-6-9(7-5-8)16-11-3-1-2-10(13(17)18)12(11)14(19)20/h1-7,16H,(H,17,18)(H,19,20). The molecule has 0 aliphatic heterocycles. The number of carboxylic acid groups (broad SMARTS) is 2. The van der Waals surface area contributed by atoms with Gasteiger partial charge in [-0.3, -0.25) is 0 Å². The van der Waals surface area contributed by atoms with E-state index >= 15 is 0 Å². The Kier molecular flexibility index (Phi) is 3.65. The molecule has 0 saturated carbocycles. The highest BCUT2D eigenvalue weighted by atomic mass is 19.1. The summed E-state index contributed by atoms with van der Waals surface area (Å²) in [7, 11) is 0. The van der Waals surface area contributed by atoms with Crippen molar-refractivity contribution in [2.75, 3.05) is 5.32 Å². The SMILES string of the molecule is O=C(O)c1cccc(Nc2ccc(F)cc2)c1C(=O)O. The molecule has 0 amide bonds. The first-order valence-electron chi connectivity index (χ1n) is 5.61. The van der Waals surface area contributed by atoms with E-state index in [0.717, 1.165) is 0 Å². The maximum absolute atomic E-state index is 12.8. The number of halogens is 1. The number of nitrogens with one attached hydrogen (secondary N) is 1. The van der Waals surface area contributed by atoms with Crippen LogP contribution in [0.3, 0.4) is 0 Å². The van der Waals surface area contributed by atoms with Crippen LogP contribution in [0.1, 0.15) is 20.7 Å². The van der Waals surface area contributed by atoms with Crippen molar-refractivity contribution < 1.29 is 24.2 Å². The van der Waals surface area contributed by atoms with Gasteiger partial charge in [0, 0.05) is 5.69 Å². The van der Waals surface area contributed by atoms with Gasteiger partial charge in [-0.05, 0) is 36.4 Å². The summed E-state index contributed by atoms with van der Waals surface area (Å²) in [6, 6.07) is 9.36. The highest BCUT2D eigenvalue weighted by Crippen LogP contribution is 2.24. The minimum absolute atomic E-state index is 0.129. The van der Waals surface area contributed by atoms with Crippen LogP contribution in [0.15, 0.2) is 42.5 Å². The lowest BCUT2D eigenvalue weighted by molar-refractivity contribution is 0.0652. The summed E-state index contributed by atoms with van der Waals surface area (Å²) >= 11 is 0. The van der Waals surface area contributed by atoms with E-state index in [1.165, 1.54) is 42.5 Å². The Hall–Kier alpha value is -2.89. The molecule has 2 aromatic carbocycles. The Morgan fingerprint density at radius 2 is 1.60 bits per heavy atom. The van der Waals surface area contributed by atoms with Gasteiger partial charge in [0.25, 0.3) is 0 Å². The Morgan fingerprint density at radius 1 is 0.950 bits per heavy atom. The fourth-order valence-electron chi connectivity index (χ4n) is 1.75. The number of anilines is 2. The molecule has 0 fully saturated rings. The van der Waals surface area contributed by atoms with Gasteiger partial charge in [0.15, 0.2) is 0 Å². The zero-order valence-corrected chi connectivity index (χ0v) is 10.1. The Labute approximate surface area is 113 Å². The molecule has 6 heteroatoms. The molecule has 5 nitrogen and oxygen atoms in total. The fourth-order valence-corrected chi connectivity index (χ4v) is 1.75. The first kappa shape index (κ1) is 13.5. The van der Waals surface area contributed by atoms with Crippen molar-refractivity contribution in [3.8, 4) is 0 Å². The molecule has 0 heterocycles. The van der Waals surface area contributed by atoms with Crippen molar-refractivity contribution in [1.29, 1.82) is 0 Å². The highest BCUT2D eigenvalue weighted by Gasteiger charge is 2.19. The van der Waals surface area contributed by atoms with Crippen LogP contribution in [0.4, 0.5) is 15.8 Å². The molecule has 20 heavy (non-hydrogen) atoms. The van der Waals surface area contributed by atoms with Crippen molar-refractivity contribution in [3.05, 3.63) is 59.4 Å². The van der Waals surface area contributed by atoms with E-state index in [-0.39, 0.29) is 16.8 Å². The van der Waals surface area contributed by atoms with Crippen molar-refractivity contribution in [2.45, 2.75) is 0 Å². The number of benzene rings is 2. The average molecular weight is 275 g/mol. The minimum Gasteiger partial charge on any atom is -0.478 e. The summed E-state index contributed by atoms with van der Waals surface area (Å²) in [5.41, 5.74) is -0.0746. The Bertz CT molecular complexity index is 667. The molecule has 2 aromatic rings. The molecule has 0 spiro atoms. The number of hydrogen-bond acceptors (Lipinski definition) is 3. The smallest absolute Gasteiger partial charge is 0.338 e. The molecule has 0 unspecified atom stereocenters. The first-order chi connectivity index (χ1) is 9.49. The number of hydrogen-bond donors (Lipinski definition) is 3. The molecule has 102 valence electrons. The third-order valence-electron chi connectivity index (χ3n) is 2.63. The lowest BCUT2D eigenvalue weighted by Gasteiger charge is -2.11. The third-order valence-corrected chi connectivity index (χ3v) is 2.63. The van der Waals surface area contributed by atoms with Crippen LogP contribution in [0.2, 0.25) is 0 Å². The molecule has 0 aliphatic carbocycles. The maximum atomic E-state index is 12.8. The monoisotopic (exact) mass is 275 g/mol. The second-order valence-corrected chi connectivity index (χ2v) is 3.97. The quantitative estimate of drug-likeness (QED) is 0.798. The lowest BCUT2D eigenvalue weighted by Crippen LogP contribution is -2.11. The van der Waals surface area contributed by atoms with Gasteiger partial charge in [0.05, 0.1) is 16.8 Å². The van der Waals surface area contributed by atoms with Gasteiger partial charge in [-0.15, -0.1) is 0 Å². The molecule has 3 N–H and O–H groups in total. The van der Waals surface area contributed by atoms with Gasteiger partial charge in [0.1, 0.15) is 5.82 Å². The van der Waals surface area contributed by atoms with E-state index in [1.807, 2.05) is 0 Å². The molecule has 0 bridgehead atoms. The van der Waals surface area contributed by atoms with E-state index in [0.29, 0.717) is 5.69 Å². The number of carboxylic acids is 2. The third kappa shape index (κ3) is 2.74. The summed E-state index contributed by atoms with van der Waals surface area (Å²) in [5, 5.41) is 20.9. The van der Waals surface area contributed by atoms with Crippen LogP contribution >= 0.6 is 0 Å². The van der Waals surface area contributed by atoms with E-state index in [4.69, 9.17) is 10.2 Å². The van der Waals surface area contributed by atoms with Crippen LogP contribution in [0.25, 0.3) is 0 Å². The second kappa shape index (κ2) is 5.40. The normalized spacial score (nSPS) is 10.1. The topological polar surface area (TPSA) is 86.6 Å². The van der Waals surface area contributed by atoms with E-state index in [1.54, 1.807) is 0 Å². The first-order valence-corrected chi connectivity index (χ1v) is 5.61. The largest absolute Gasteiger partial charge is 0.478 e. The van der Waals surface area contributed by atoms with Crippen LogP contribution < -0.4 is 5.32 Å². The van der Waals surface area contributed by atoms with Gasteiger partial charge in [-0.1, -0.05) is 6.07 Å². The average Bonchev–Trinajstić information content (AvgIpc) is 2.40. The number of rotatable bonds is 4. The Balaban J connectivity index is 2.46. The van der Waals surface area contributed by atoms with Crippen LogP contribution in [0.5, 0.6) is 0 Å². The van der Waals surface area contributed by atoms with Crippen molar-refractivity contribution in [2.24, 2.45) is 0 Å². The summed E-state index contributed by atoms with van der Waals surface area (Å²) in [6.07, 6.45) is 0. The second-order valence-electron chi connectivity index (χ2n) is 3.97. The lowest BCUT2D eigenvalue weighted by atomic mass is 10.1. The van der Waals surface area contributed by atoms with Gasteiger partial charge in [-0.2, -0.15) is 0 Å². The van der Waals surface area contributed by atoms with E-state index in [2.05, 4.69) is 5.32 Å². The summed E-state index contributed by atoms with van der Waals surface area (Å²) in [5.74, 6) is -3.11. The fraction of sp³-hybridized carbons (Fsp3) is 0. The summed E-state index contributed by atoms with van der Waals surface area (Å²) < 4.78 is 12.8. The molecule has 0 atom stereocenters. The zero-order chi connectivity index (χ0) is 14.7. The molecular weight excluding hydrogens is 265 g/mol. The maximum Gasteiger partial charge on any atom is 0.338 e. The number of carbonyl (C=O) groups is 2. The highest BCUT2D eigenvalue weighted by molar-refractivity contribution is 6.06. The van der Waals surface area contributed by atoms with Crippen molar-refractivity contribution in [3.63, 3.8) is 0 Å². The zero-order valence-electron chi connectivity index (χ0n) is 10.1. The molecule has 2 rings (SSSR count). The van der Waals surface area contributed by atoms with Crippen LogP contribution in [0, 0.1) is 5.82 Å². The van der Waals surface area contributed by atoms with Gasteiger partial charge in [-0.25, -0.2) is 14.0 Å². The summed E-state index contributed by atoms with van der Waals surface area (Å²) in [4.78, 5) is 22.3. The van der Waals surface area contributed by atoms with E-state index in [9.17, 15) is 14.0 Å². The molecular formula is C14H10FNO4. The molecule has 0 saturated heterocycles. The van der Waals surface area contributed by atoms with Crippen molar-refractivity contribution in [1.82, 2.24) is 0 Å². The van der Waals surface area contributed by atoms with Gasteiger partial charge in [0.2, 0.25) is 0 Å². The predicted molar refractivity (Wildman–Crippen MR) is 70.0 cm³/mol. The van der Waals surface area contributed by atoms with Crippen molar-refractivity contribution >= 4 is 23.3 Å². The van der Waals surface area contributed by atoms with Crippen LogP contribution in [-0.2, 0) is 0 Å². The molecule has 0 aromatic heterocycles. The van der Waals surface area contributed by atoms with E-state index < -0.39 is 17.8 Å². The van der Waals surface area contributed by atoms with Gasteiger partial charge >= 0.3 is 11.9 Å². The number of aromatic carboxylic acids is 2. The summed E-state index contributed by atoms with van der Waals surface area (Å²) in [6.45, 7) is 0.